The molecular weight excluding hydrogens is 390 g/mol. The maximum absolute atomic E-state index is 7.05. The molecule has 0 aromatic heterocycles. The molecule has 0 aliphatic heterocycles. The van der Waals surface area contributed by atoms with Gasteiger partial charge in [0.15, 0.2) is 0 Å². The third-order valence-corrected chi connectivity index (χ3v) is 15.6. The van der Waals surface area contributed by atoms with Gasteiger partial charge >= 0.3 is 146 Å². The van der Waals surface area contributed by atoms with Gasteiger partial charge in [0.1, 0.15) is 0 Å². The minimum absolute atomic E-state index is 0.284. The van der Waals surface area contributed by atoms with E-state index >= 15 is 0 Å². The molecule has 3 heteroatoms. The Morgan fingerprint density at radius 2 is 1.36 bits per heavy atom. The quantitative estimate of drug-likeness (QED) is 0.440. The molecule has 0 radical (unpaired) electrons. The minimum atomic E-state index is -3.22. The number of hydrogen-bond acceptors (Lipinski definition) is 0. The van der Waals surface area contributed by atoms with Gasteiger partial charge < -0.3 is 0 Å². The Bertz CT molecular complexity index is 606. The summed E-state index contributed by atoms with van der Waals surface area (Å²) < 4.78 is 1.33. The van der Waals surface area contributed by atoms with Gasteiger partial charge in [-0.3, -0.25) is 0 Å². The molecule has 0 N–H and O–H groups in total. The van der Waals surface area contributed by atoms with Crippen molar-refractivity contribution in [3.8, 4) is 11.1 Å². The van der Waals surface area contributed by atoms with Crippen molar-refractivity contribution in [1.82, 2.24) is 0 Å². The summed E-state index contributed by atoms with van der Waals surface area (Å²) in [6, 6.07) is 17.3. The number of rotatable bonds is 6. The van der Waals surface area contributed by atoms with Crippen LogP contribution in [-0.2, 0) is 17.9 Å². The Balaban J connectivity index is 1.92. The maximum atomic E-state index is 7.05. The van der Waals surface area contributed by atoms with E-state index in [0.717, 1.165) is 4.13 Å². The first-order valence-electron chi connectivity index (χ1n) is 8.21. The summed E-state index contributed by atoms with van der Waals surface area (Å²) in [5.41, 5.74) is 5.39. The molecule has 2 aromatic rings. The van der Waals surface area contributed by atoms with E-state index in [9.17, 15) is 0 Å². The number of benzene rings is 2. The first-order valence-corrected chi connectivity index (χ1v) is 17.7. The van der Waals surface area contributed by atoms with E-state index in [4.69, 9.17) is 17.0 Å². The monoisotopic (exact) mass is 410 g/mol. The van der Waals surface area contributed by atoms with Crippen molar-refractivity contribution < 1.29 is 17.9 Å². The average molecular weight is 413 g/mol. The van der Waals surface area contributed by atoms with Crippen molar-refractivity contribution in [2.75, 3.05) is 0 Å². The van der Waals surface area contributed by atoms with Crippen LogP contribution in [0.2, 0.25) is 4.13 Å². The van der Waals surface area contributed by atoms with Crippen LogP contribution in [0.1, 0.15) is 47.4 Å². The van der Waals surface area contributed by atoms with Crippen LogP contribution in [0, 0.1) is 0 Å². The van der Waals surface area contributed by atoms with E-state index in [1.54, 1.807) is 0 Å². The molecule has 1 aliphatic carbocycles. The number of unbranched alkanes of at least 4 members (excludes halogenated alkanes) is 3. The van der Waals surface area contributed by atoms with Gasteiger partial charge in [0.05, 0.1) is 0 Å². The third kappa shape index (κ3) is 3.23. The van der Waals surface area contributed by atoms with E-state index in [0.29, 0.717) is 0 Å². The van der Waals surface area contributed by atoms with Crippen LogP contribution in [0.3, 0.4) is 0 Å². The average Bonchev–Trinajstić information content (AvgIpc) is 2.87. The predicted octanol–water partition coefficient (Wildman–Crippen LogP) is 7.22. The Kier molecular flexibility index (Phi) is 5.48. The van der Waals surface area contributed by atoms with Crippen LogP contribution in [0.15, 0.2) is 48.5 Å². The zero-order valence-electron chi connectivity index (χ0n) is 13.0. The predicted molar refractivity (Wildman–Crippen MR) is 94.4 cm³/mol. The molecule has 0 bridgehead atoms. The van der Waals surface area contributed by atoms with Crippen LogP contribution in [0.25, 0.3) is 11.1 Å². The molecule has 116 valence electrons. The summed E-state index contributed by atoms with van der Waals surface area (Å²) in [6.45, 7) is 2.24. The standard InChI is InChI=1S/C13H9.C6H13.2ClH.Zr/c1-3-7-12-10(5-1)9-11-6-2-4-8-13(11)12;1-3-5-6-4-2;;;/h1-9H;1,3-6H2,2H3;2*1H;/q;;;;+2/p-2. The first kappa shape index (κ1) is 16.8. The van der Waals surface area contributed by atoms with Gasteiger partial charge in [0.25, 0.3) is 0 Å². The molecule has 0 fully saturated rings. The molecule has 0 unspecified atom stereocenters. The van der Waals surface area contributed by atoms with Crippen molar-refractivity contribution >= 4 is 17.0 Å². The second-order valence-corrected chi connectivity index (χ2v) is 21.7. The fraction of sp³-hybridized carbons (Fsp3) is 0.368. The molecule has 0 saturated heterocycles. The van der Waals surface area contributed by atoms with Crippen molar-refractivity contribution in [2.24, 2.45) is 0 Å². The molecule has 2 aromatic carbocycles. The first-order chi connectivity index (χ1) is 10.6. The Morgan fingerprint density at radius 1 is 0.818 bits per heavy atom. The van der Waals surface area contributed by atoms with Crippen LogP contribution in [0.5, 0.6) is 0 Å². The molecule has 3 rings (SSSR count). The Hall–Kier alpha value is -0.0969. The summed E-state index contributed by atoms with van der Waals surface area (Å²) in [4.78, 5) is 0. The van der Waals surface area contributed by atoms with E-state index in [2.05, 4.69) is 55.5 Å². The van der Waals surface area contributed by atoms with Crippen LogP contribution in [-0.4, -0.2) is 0 Å². The van der Waals surface area contributed by atoms with Gasteiger partial charge in [0, 0.05) is 0 Å². The number of hydrogen-bond donors (Lipinski definition) is 0. The molecule has 1 aliphatic rings. The van der Waals surface area contributed by atoms with Crippen LogP contribution < -0.4 is 0 Å². The fourth-order valence-corrected chi connectivity index (χ4v) is 13.9. The van der Waals surface area contributed by atoms with Gasteiger partial charge in [0.2, 0.25) is 0 Å². The van der Waals surface area contributed by atoms with Gasteiger partial charge in [-0.1, -0.05) is 0 Å². The molecule has 0 spiro atoms. The fourth-order valence-electron chi connectivity index (χ4n) is 3.54. The van der Waals surface area contributed by atoms with Crippen LogP contribution >= 0.6 is 17.0 Å². The van der Waals surface area contributed by atoms with Gasteiger partial charge in [-0.15, -0.1) is 0 Å². The molecule has 0 nitrogen and oxygen atoms in total. The zero-order chi connectivity index (χ0) is 15.6. The summed E-state index contributed by atoms with van der Waals surface area (Å²) in [5, 5.41) is 0. The molecule has 22 heavy (non-hydrogen) atoms. The van der Waals surface area contributed by atoms with Crippen molar-refractivity contribution in [1.29, 1.82) is 0 Å². The van der Waals surface area contributed by atoms with E-state index < -0.39 is 17.9 Å². The van der Waals surface area contributed by atoms with Gasteiger partial charge in [-0.25, -0.2) is 0 Å². The number of fused-ring (bicyclic) bond motifs is 3. The SMILES string of the molecule is CCCCC[CH2][Zr]([Cl])([Cl])[CH]1c2ccccc2-c2ccccc21. The zero-order valence-corrected chi connectivity index (χ0v) is 17.0. The van der Waals surface area contributed by atoms with E-state index in [1.165, 1.54) is 47.9 Å². The second kappa shape index (κ2) is 7.20. The van der Waals surface area contributed by atoms with Crippen LogP contribution in [0.4, 0.5) is 0 Å². The van der Waals surface area contributed by atoms with Gasteiger partial charge in [-0.05, 0) is 0 Å². The van der Waals surface area contributed by atoms with E-state index in [-0.39, 0.29) is 3.63 Å². The molecule has 0 atom stereocenters. The normalized spacial score (nSPS) is 14.0. The van der Waals surface area contributed by atoms with Crippen molar-refractivity contribution in [2.45, 2.75) is 40.4 Å². The molecule has 0 heterocycles. The topological polar surface area (TPSA) is 0 Å². The van der Waals surface area contributed by atoms with Gasteiger partial charge in [-0.2, -0.15) is 0 Å². The summed E-state index contributed by atoms with van der Waals surface area (Å²) >= 11 is -3.22. The second-order valence-electron chi connectivity index (χ2n) is 6.18. The van der Waals surface area contributed by atoms with E-state index in [1.807, 2.05) is 0 Å². The molecule has 0 amide bonds. The molecular formula is C19H22Cl2Zr. The summed E-state index contributed by atoms with van der Waals surface area (Å²) in [5.74, 6) is 0. The third-order valence-electron chi connectivity index (χ3n) is 4.62. The summed E-state index contributed by atoms with van der Waals surface area (Å²) in [6.07, 6.45) is 4.97. The van der Waals surface area contributed by atoms with Crippen molar-refractivity contribution in [3.63, 3.8) is 0 Å². The van der Waals surface area contributed by atoms with Crippen molar-refractivity contribution in [3.05, 3.63) is 59.7 Å². The number of halogens is 2. The summed E-state index contributed by atoms with van der Waals surface area (Å²) in [7, 11) is 14.1. The molecule has 0 saturated carbocycles. The Morgan fingerprint density at radius 3 is 1.91 bits per heavy atom. The Labute approximate surface area is 145 Å².